The van der Waals surface area contributed by atoms with Gasteiger partial charge in [-0.3, -0.25) is 9.59 Å². The van der Waals surface area contributed by atoms with E-state index in [1.165, 1.54) is 0 Å². The maximum atomic E-state index is 11.3. The number of carbonyl (C=O) groups is 2. The molecule has 2 amide bonds. The van der Waals surface area contributed by atoms with Crippen molar-refractivity contribution in [1.82, 2.24) is 16.0 Å². The Bertz CT molecular complexity index is 234. The first-order chi connectivity index (χ1) is 7.35. The van der Waals surface area contributed by atoms with Gasteiger partial charge in [-0.2, -0.15) is 0 Å². The lowest BCUT2D eigenvalue weighted by Gasteiger charge is -2.19. The molecule has 0 atom stereocenters. The zero-order valence-electron chi connectivity index (χ0n) is 10.6. The van der Waals surface area contributed by atoms with E-state index in [1.54, 1.807) is 0 Å². The molecule has 0 spiro atoms. The maximum Gasteiger partial charge on any atom is 0.239 e. The van der Waals surface area contributed by atoms with Crippen molar-refractivity contribution >= 4 is 11.8 Å². The smallest absolute Gasteiger partial charge is 0.239 e. The van der Waals surface area contributed by atoms with Crippen molar-refractivity contribution in [2.75, 3.05) is 19.6 Å². The fourth-order valence-electron chi connectivity index (χ4n) is 0.914. The first kappa shape index (κ1) is 14.9. The normalized spacial score (nSPS) is 11.0. The van der Waals surface area contributed by atoms with Crippen molar-refractivity contribution in [2.45, 2.75) is 39.7 Å². The van der Waals surface area contributed by atoms with Crippen molar-refractivity contribution in [3.63, 3.8) is 0 Å². The summed E-state index contributed by atoms with van der Waals surface area (Å²) in [6.45, 7) is 8.84. The van der Waals surface area contributed by atoms with Crippen molar-refractivity contribution in [2.24, 2.45) is 0 Å². The van der Waals surface area contributed by atoms with E-state index < -0.39 is 0 Å². The van der Waals surface area contributed by atoms with E-state index in [1.807, 2.05) is 27.7 Å². The maximum absolute atomic E-state index is 11.3. The minimum absolute atomic E-state index is 0.0463. The molecular weight excluding hydrogens is 206 g/mol. The van der Waals surface area contributed by atoms with Gasteiger partial charge in [0.15, 0.2) is 0 Å². The van der Waals surface area contributed by atoms with Gasteiger partial charge in [0.25, 0.3) is 0 Å². The Morgan fingerprint density at radius 3 is 2.06 bits per heavy atom. The average Bonchev–Trinajstić information content (AvgIpc) is 2.19. The van der Waals surface area contributed by atoms with Crippen LogP contribution in [0.2, 0.25) is 0 Å². The summed E-state index contributed by atoms with van der Waals surface area (Å²) < 4.78 is 0. The van der Waals surface area contributed by atoms with Crippen LogP contribution in [0.3, 0.4) is 0 Å². The van der Waals surface area contributed by atoms with Crippen LogP contribution in [0.4, 0.5) is 0 Å². The summed E-state index contributed by atoms with van der Waals surface area (Å²) in [4.78, 5) is 22.5. The second kappa shape index (κ2) is 7.22. The molecule has 16 heavy (non-hydrogen) atoms. The lowest BCUT2D eigenvalue weighted by Crippen LogP contribution is -2.45. The summed E-state index contributed by atoms with van der Waals surface area (Å²) >= 11 is 0. The number of rotatable bonds is 6. The van der Waals surface area contributed by atoms with E-state index in [-0.39, 0.29) is 30.4 Å². The molecule has 5 nitrogen and oxygen atoms in total. The van der Waals surface area contributed by atoms with Crippen molar-refractivity contribution in [3.05, 3.63) is 0 Å². The first-order valence-corrected chi connectivity index (χ1v) is 5.63. The predicted molar refractivity (Wildman–Crippen MR) is 64.1 cm³/mol. The van der Waals surface area contributed by atoms with Crippen LogP contribution >= 0.6 is 0 Å². The molecule has 0 aromatic heterocycles. The van der Waals surface area contributed by atoms with Crippen LogP contribution in [0.1, 0.15) is 34.1 Å². The molecule has 0 unspecified atom stereocenters. The fraction of sp³-hybridized carbons (Fsp3) is 0.818. The molecular formula is C11H23N3O2. The minimum atomic E-state index is -0.165. The molecule has 0 radical (unpaired) electrons. The quantitative estimate of drug-likeness (QED) is 0.601. The van der Waals surface area contributed by atoms with Gasteiger partial charge in [0.05, 0.1) is 13.1 Å². The van der Waals surface area contributed by atoms with Gasteiger partial charge in [-0.05, 0) is 27.2 Å². The Balaban J connectivity index is 3.61. The Labute approximate surface area is 97.4 Å². The van der Waals surface area contributed by atoms with Crippen LogP contribution in [0.25, 0.3) is 0 Å². The van der Waals surface area contributed by atoms with Gasteiger partial charge >= 0.3 is 0 Å². The van der Waals surface area contributed by atoms with Crippen LogP contribution in [-0.2, 0) is 9.59 Å². The molecule has 0 saturated carbocycles. The lowest BCUT2D eigenvalue weighted by atomic mass is 10.1. The van der Waals surface area contributed by atoms with Crippen molar-refractivity contribution in [3.8, 4) is 0 Å². The van der Waals surface area contributed by atoms with Gasteiger partial charge in [-0.1, -0.05) is 6.92 Å². The number of hydrogen-bond donors (Lipinski definition) is 3. The molecule has 3 N–H and O–H groups in total. The standard InChI is InChI=1S/C11H23N3O2/c1-5-6-12-9(15)7-13-10(16)8-14-11(2,3)4/h14H,5-8H2,1-4H3,(H,12,15)(H,13,16). The lowest BCUT2D eigenvalue weighted by molar-refractivity contribution is -0.125. The minimum Gasteiger partial charge on any atom is -0.355 e. The molecule has 0 aliphatic rings. The van der Waals surface area contributed by atoms with E-state index in [2.05, 4.69) is 16.0 Å². The van der Waals surface area contributed by atoms with Gasteiger partial charge in [0, 0.05) is 12.1 Å². The number of amides is 2. The molecule has 0 aliphatic carbocycles. The molecule has 94 valence electrons. The van der Waals surface area contributed by atoms with Gasteiger partial charge in [0.1, 0.15) is 0 Å². The largest absolute Gasteiger partial charge is 0.355 e. The summed E-state index contributed by atoms with van der Waals surface area (Å²) in [5.41, 5.74) is -0.0954. The molecule has 0 bridgehead atoms. The molecule has 0 rings (SSSR count). The first-order valence-electron chi connectivity index (χ1n) is 5.63. The Kier molecular flexibility index (Phi) is 6.72. The third-order valence-corrected chi connectivity index (χ3v) is 1.80. The molecule has 0 saturated heterocycles. The highest BCUT2D eigenvalue weighted by molar-refractivity contribution is 5.85. The molecule has 0 aliphatic heterocycles. The van der Waals surface area contributed by atoms with Crippen LogP contribution in [0, 0.1) is 0 Å². The van der Waals surface area contributed by atoms with Crippen molar-refractivity contribution in [1.29, 1.82) is 0 Å². The summed E-state index contributed by atoms with van der Waals surface area (Å²) in [7, 11) is 0. The van der Waals surface area contributed by atoms with E-state index in [4.69, 9.17) is 0 Å². The van der Waals surface area contributed by atoms with Crippen LogP contribution < -0.4 is 16.0 Å². The molecule has 5 heteroatoms. The van der Waals surface area contributed by atoms with Crippen molar-refractivity contribution < 1.29 is 9.59 Å². The highest BCUT2D eigenvalue weighted by Gasteiger charge is 2.11. The topological polar surface area (TPSA) is 70.2 Å². The third kappa shape index (κ3) is 9.45. The van der Waals surface area contributed by atoms with Gasteiger partial charge in [0.2, 0.25) is 11.8 Å². The van der Waals surface area contributed by atoms with Crippen LogP contribution in [0.15, 0.2) is 0 Å². The van der Waals surface area contributed by atoms with Gasteiger partial charge in [-0.25, -0.2) is 0 Å². The van der Waals surface area contributed by atoms with Crippen LogP contribution in [-0.4, -0.2) is 37.0 Å². The highest BCUT2D eigenvalue weighted by Crippen LogP contribution is 1.96. The Morgan fingerprint density at radius 2 is 1.56 bits per heavy atom. The Morgan fingerprint density at radius 1 is 1.00 bits per heavy atom. The van der Waals surface area contributed by atoms with E-state index in [9.17, 15) is 9.59 Å². The van der Waals surface area contributed by atoms with E-state index >= 15 is 0 Å². The predicted octanol–water partition coefficient (Wildman–Crippen LogP) is 0.0169. The Hall–Kier alpha value is -1.10. The number of carbonyl (C=O) groups excluding carboxylic acids is 2. The fourth-order valence-corrected chi connectivity index (χ4v) is 0.914. The summed E-state index contributed by atoms with van der Waals surface area (Å²) in [6, 6.07) is 0. The monoisotopic (exact) mass is 229 g/mol. The molecule has 0 aromatic carbocycles. The zero-order chi connectivity index (χ0) is 12.6. The van der Waals surface area contributed by atoms with E-state index in [0.29, 0.717) is 6.54 Å². The third-order valence-electron chi connectivity index (χ3n) is 1.80. The van der Waals surface area contributed by atoms with E-state index in [0.717, 1.165) is 6.42 Å². The summed E-state index contributed by atoms with van der Waals surface area (Å²) in [5.74, 6) is -0.312. The number of hydrogen-bond acceptors (Lipinski definition) is 3. The summed E-state index contributed by atoms with van der Waals surface area (Å²) in [6.07, 6.45) is 0.894. The molecule has 0 aromatic rings. The SMILES string of the molecule is CCCNC(=O)CNC(=O)CNC(C)(C)C. The second-order valence-corrected chi connectivity index (χ2v) is 4.73. The van der Waals surface area contributed by atoms with Gasteiger partial charge < -0.3 is 16.0 Å². The highest BCUT2D eigenvalue weighted by atomic mass is 16.2. The molecule has 0 fully saturated rings. The summed E-state index contributed by atoms with van der Waals surface area (Å²) in [5, 5.41) is 8.28. The number of nitrogens with one attached hydrogen (secondary N) is 3. The second-order valence-electron chi connectivity index (χ2n) is 4.73. The zero-order valence-corrected chi connectivity index (χ0v) is 10.6. The van der Waals surface area contributed by atoms with Crippen LogP contribution in [0.5, 0.6) is 0 Å². The van der Waals surface area contributed by atoms with Gasteiger partial charge in [-0.15, -0.1) is 0 Å². The molecule has 0 heterocycles. The average molecular weight is 229 g/mol.